The average Bonchev–Trinajstić information content (AvgIpc) is 2.45. The van der Waals surface area contributed by atoms with Crippen LogP contribution < -0.4 is 10.6 Å². The highest BCUT2D eigenvalue weighted by molar-refractivity contribution is 5.91. The Morgan fingerprint density at radius 3 is 2.52 bits per heavy atom. The van der Waals surface area contributed by atoms with Gasteiger partial charge in [0, 0.05) is 24.2 Å². The summed E-state index contributed by atoms with van der Waals surface area (Å²) in [7, 11) is 0. The normalized spacial score (nSPS) is 17.4. The maximum absolute atomic E-state index is 12.7. The summed E-state index contributed by atoms with van der Waals surface area (Å²) in [4.78, 5) is 10.3. The second-order valence-corrected chi connectivity index (χ2v) is 5.28. The average molecular weight is 296 g/mol. The van der Waals surface area contributed by atoms with E-state index < -0.39 is 12.1 Å². The number of nitrogens with two attached hydrogens (primary N) is 1. The van der Waals surface area contributed by atoms with Gasteiger partial charge in [-0.1, -0.05) is 0 Å². The first-order chi connectivity index (χ1) is 9.95. The molecule has 112 valence electrons. The van der Waals surface area contributed by atoms with Crippen molar-refractivity contribution in [1.82, 2.24) is 9.97 Å². The van der Waals surface area contributed by atoms with Gasteiger partial charge in [-0.3, -0.25) is 0 Å². The zero-order valence-corrected chi connectivity index (χ0v) is 11.3. The number of halogens is 3. The van der Waals surface area contributed by atoms with Crippen LogP contribution in [0, 0.1) is 5.92 Å². The monoisotopic (exact) mass is 296 g/mol. The van der Waals surface area contributed by atoms with Crippen molar-refractivity contribution in [3.63, 3.8) is 0 Å². The number of nitrogens with zero attached hydrogens (tertiary/aromatic N) is 3. The topological polar surface area (TPSA) is 55.0 Å². The fourth-order valence-corrected chi connectivity index (χ4v) is 2.73. The Morgan fingerprint density at radius 1 is 1.14 bits per heavy atom. The van der Waals surface area contributed by atoms with Gasteiger partial charge in [-0.2, -0.15) is 13.2 Å². The number of hydrogen-bond donors (Lipinski definition) is 1. The number of alkyl halides is 3. The van der Waals surface area contributed by atoms with Gasteiger partial charge in [0.2, 0.25) is 0 Å². The van der Waals surface area contributed by atoms with Crippen LogP contribution in [-0.4, -0.2) is 29.2 Å². The van der Waals surface area contributed by atoms with Crippen LogP contribution in [0.1, 0.15) is 12.8 Å². The Hall–Kier alpha value is -2.05. The van der Waals surface area contributed by atoms with Gasteiger partial charge in [-0.15, -0.1) is 0 Å². The minimum Gasteiger partial charge on any atom is -0.399 e. The summed E-state index contributed by atoms with van der Waals surface area (Å²) in [5.41, 5.74) is 7.03. The van der Waals surface area contributed by atoms with Gasteiger partial charge >= 0.3 is 6.18 Å². The Bertz CT molecular complexity index is 648. The van der Waals surface area contributed by atoms with Crippen LogP contribution in [0.4, 0.5) is 24.7 Å². The van der Waals surface area contributed by atoms with E-state index in [0.717, 1.165) is 5.39 Å². The molecule has 2 N–H and O–H groups in total. The van der Waals surface area contributed by atoms with Crippen molar-refractivity contribution < 1.29 is 13.2 Å². The zero-order valence-electron chi connectivity index (χ0n) is 11.3. The van der Waals surface area contributed by atoms with E-state index in [1.165, 1.54) is 6.33 Å². The molecule has 1 aromatic carbocycles. The molecule has 0 bridgehead atoms. The number of benzene rings is 1. The predicted molar refractivity (Wildman–Crippen MR) is 74.9 cm³/mol. The first-order valence-electron chi connectivity index (χ1n) is 6.77. The Morgan fingerprint density at radius 2 is 1.86 bits per heavy atom. The molecule has 0 unspecified atom stereocenters. The van der Waals surface area contributed by atoms with Gasteiger partial charge in [-0.25, -0.2) is 9.97 Å². The highest BCUT2D eigenvalue weighted by Crippen LogP contribution is 2.36. The lowest BCUT2D eigenvalue weighted by molar-refractivity contribution is -0.179. The minimum absolute atomic E-state index is 0.101. The van der Waals surface area contributed by atoms with Gasteiger partial charge in [0.15, 0.2) is 0 Å². The highest BCUT2D eigenvalue weighted by atomic mass is 19.4. The van der Waals surface area contributed by atoms with Crippen LogP contribution in [0.5, 0.6) is 0 Å². The lowest BCUT2D eigenvalue weighted by Crippen LogP contribution is -2.39. The van der Waals surface area contributed by atoms with E-state index in [-0.39, 0.29) is 12.8 Å². The quantitative estimate of drug-likeness (QED) is 0.822. The molecule has 0 amide bonds. The summed E-state index contributed by atoms with van der Waals surface area (Å²) in [6.45, 7) is 0.696. The molecular formula is C14H15F3N4. The van der Waals surface area contributed by atoms with Gasteiger partial charge in [0.1, 0.15) is 12.1 Å². The Balaban J connectivity index is 1.86. The highest BCUT2D eigenvalue weighted by Gasteiger charge is 2.41. The largest absolute Gasteiger partial charge is 0.399 e. The SMILES string of the molecule is Nc1ccc2c(N3CCC(C(F)(F)F)CC3)ncnc2c1. The lowest BCUT2D eigenvalue weighted by Gasteiger charge is -2.34. The first-order valence-corrected chi connectivity index (χ1v) is 6.77. The van der Waals surface area contributed by atoms with Gasteiger partial charge < -0.3 is 10.6 Å². The fraction of sp³-hybridized carbons (Fsp3) is 0.429. The van der Waals surface area contributed by atoms with E-state index in [2.05, 4.69) is 9.97 Å². The van der Waals surface area contributed by atoms with Crippen molar-refractivity contribution in [2.45, 2.75) is 19.0 Å². The number of aromatic nitrogens is 2. The van der Waals surface area contributed by atoms with Crippen molar-refractivity contribution in [2.75, 3.05) is 23.7 Å². The number of fused-ring (bicyclic) bond motifs is 1. The van der Waals surface area contributed by atoms with Crippen molar-refractivity contribution in [3.05, 3.63) is 24.5 Å². The number of nitrogen functional groups attached to an aromatic ring is 1. The van der Waals surface area contributed by atoms with Gasteiger partial charge in [0.25, 0.3) is 0 Å². The first kappa shape index (κ1) is 13.9. The molecule has 0 aliphatic carbocycles. The van der Waals surface area contributed by atoms with Crippen molar-refractivity contribution >= 4 is 22.4 Å². The van der Waals surface area contributed by atoms with Crippen LogP contribution in [0.2, 0.25) is 0 Å². The maximum Gasteiger partial charge on any atom is 0.391 e. The van der Waals surface area contributed by atoms with Crippen LogP contribution in [0.25, 0.3) is 10.9 Å². The minimum atomic E-state index is -4.10. The van der Waals surface area contributed by atoms with E-state index in [1.54, 1.807) is 12.1 Å². The van der Waals surface area contributed by atoms with E-state index in [4.69, 9.17) is 5.73 Å². The smallest absolute Gasteiger partial charge is 0.391 e. The third-order valence-electron chi connectivity index (χ3n) is 3.90. The molecule has 2 heterocycles. The third-order valence-corrected chi connectivity index (χ3v) is 3.90. The summed E-state index contributed by atoms with van der Waals surface area (Å²) >= 11 is 0. The molecule has 3 rings (SSSR count). The van der Waals surface area contributed by atoms with Crippen LogP contribution >= 0.6 is 0 Å². The molecule has 0 spiro atoms. The second kappa shape index (κ2) is 5.05. The van der Waals surface area contributed by atoms with Crippen molar-refractivity contribution in [2.24, 2.45) is 5.92 Å². The molecule has 0 atom stereocenters. The van der Waals surface area contributed by atoms with Gasteiger partial charge in [-0.05, 0) is 31.0 Å². The standard InChI is InChI=1S/C14H15F3N4/c15-14(16,17)9-3-5-21(6-4-9)13-11-2-1-10(18)7-12(11)19-8-20-13/h1-2,7-9H,3-6,18H2. The van der Waals surface area contributed by atoms with Gasteiger partial charge in [0.05, 0.1) is 11.4 Å². The van der Waals surface area contributed by atoms with Crippen LogP contribution in [0.3, 0.4) is 0 Å². The third kappa shape index (κ3) is 2.72. The Kier molecular flexibility index (Phi) is 3.35. The molecule has 1 saturated heterocycles. The fourth-order valence-electron chi connectivity index (χ4n) is 2.73. The van der Waals surface area contributed by atoms with E-state index in [0.29, 0.717) is 30.1 Å². The molecule has 1 aromatic heterocycles. The van der Waals surface area contributed by atoms with E-state index in [9.17, 15) is 13.2 Å². The van der Waals surface area contributed by atoms with Crippen LogP contribution in [0.15, 0.2) is 24.5 Å². The molecule has 0 radical (unpaired) electrons. The molecule has 1 aliphatic heterocycles. The lowest BCUT2D eigenvalue weighted by atomic mass is 9.96. The molecule has 1 fully saturated rings. The van der Waals surface area contributed by atoms with E-state index >= 15 is 0 Å². The molecule has 2 aromatic rings. The summed E-state index contributed by atoms with van der Waals surface area (Å²) in [6.07, 6.45) is -2.48. The second-order valence-electron chi connectivity index (χ2n) is 5.28. The summed E-state index contributed by atoms with van der Waals surface area (Å²) in [6, 6.07) is 5.30. The van der Waals surface area contributed by atoms with Crippen LogP contribution in [-0.2, 0) is 0 Å². The number of hydrogen-bond acceptors (Lipinski definition) is 4. The van der Waals surface area contributed by atoms with Crippen molar-refractivity contribution in [3.8, 4) is 0 Å². The molecule has 7 heteroatoms. The molecule has 21 heavy (non-hydrogen) atoms. The predicted octanol–water partition coefficient (Wildman–Crippen LogP) is 2.99. The number of rotatable bonds is 1. The molecule has 0 saturated carbocycles. The van der Waals surface area contributed by atoms with E-state index in [1.807, 2.05) is 11.0 Å². The summed E-state index contributed by atoms with van der Waals surface area (Å²) in [5, 5.41) is 0.817. The summed E-state index contributed by atoms with van der Waals surface area (Å²) in [5.74, 6) is -0.530. The molecule has 1 aliphatic rings. The van der Waals surface area contributed by atoms with Crippen molar-refractivity contribution in [1.29, 1.82) is 0 Å². The zero-order chi connectivity index (χ0) is 15.0. The summed E-state index contributed by atoms with van der Waals surface area (Å²) < 4.78 is 38.1. The number of anilines is 2. The maximum atomic E-state index is 12.7. The molecule has 4 nitrogen and oxygen atoms in total. The Labute approximate surface area is 119 Å². The molecular weight excluding hydrogens is 281 g/mol. The number of piperidine rings is 1.